The summed E-state index contributed by atoms with van der Waals surface area (Å²) in [7, 11) is 0. The number of hydrogen-bond donors (Lipinski definition) is 0. The van der Waals surface area contributed by atoms with Gasteiger partial charge >= 0.3 is 0 Å². The van der Waals surface area contributed by atoms with E-state index in [2.05, 4.69) is 61.5 Å². The van der Waals surface area contributed by atoms with Crippen LogP contribution in [0.3, 0.4) is 0 Å². The Labute approximate surface area is 124 Å². The van der Waals surface area contributed by atoms with Gasteiger partial charge in [-0.3, -0.25) is 0 Å². The molecule has 4 aromatic rings. The average molecular weight is 268 g/mol. The van der Waals surface area contributed by atoms with Gasteiger partial charge in [0.05, 0.1) is 0 Å². The molecule has 5 rings (SSSR count). The summed E-state index contributed by atoms with van der Waals surface area (Å²) < 4.78 is 0. The normalized spacial score (nSPS) is 13.6. The van der Waals surface area contributed by atoms with E-state index in [-0.39, 0.29) is 0 Å². The van der Waals surface area contributed by atoms with Crippen LogP contribution in [0.1, 0.15) is 16.7 Å². The molecule has 0 aromatic heterocycles. The van der Waals surface area contributed by atoms with E-state index in [0.717, 1.165) is 0 Å². The van der Waals surface area contributed by atoms with Gasteiger partial charge in [-0.1, -0.05) is 54.1 Å². The molecule has 0 aliphatic heterocycles. The zero-order valence-corrected chi connectivity index (χ0v) is 12.1. The van der Waals surface area contributed by atoms with Gasteiger partial charge in [0, 0.05) is 0 Å². The lowest BCUT2D eigenvalue weighted by molar-refractivity contribution is 1.03. The third kappa shape index (κ3) is 1.45. The van der Waals surface area contributed by atoms with E-state index in [1.54, 1.807) is 5.56 Å². The minimum absolute atomic E-state index is 1.19. The van der Waals surface area contributed by atoms with Crippen LogP contribution in [0.4, 0.5) is 0 Å². The summed E-state index contributed by atoms with van der Waals surface area (Å²) in [6, 6.07) is 20.4. The standard InChI is InChI=1S/C21H16/c1-13-10-15-7-9-19-18-8-6-14-4-2-3-5-17(14)20(18)12-16(11-13)21(15)19/h2-6,8,10-12H,7,9H2,1H3. The monoisotopic (exact) mass is 268 g/mol. The van der Waals surface area contributed by atoms with E-state index in [4.69, 9.17) is 0 Å². The second-order valence-corrected chi connectivity index (χ2v) is 6.26. The molecule has 1 aliphatic rings. The summed E-state index contributed by atoms with van der Waals surface area (Å²) in [6.07, 6.45) is 2.38. The lowest BCUT2D eigenvalue weighted by Crippen LogP contribution is -1.86. The highest BCUT2D eigenvalue weighted by Crippen LogP contribution is 2.39. The molecular formula is C21H16. The van der Waals surface area contributed by atoms with Crippen molar-refractivity contribution in [1.82, 2.24) is 0 Å². The predicted molar refractivity (Wildman–Crippen MR) is 91.1 cm³/mol. The fourth-order valence-electron chi connectivity index (χ4n) is 4.09. The zero-order valence-electron chi connectivity index (χ0n) is 12.1. The highest BCUT2D eigenvalue weighted by Gasteiger charge is 2.18. The van der Waals surface area contributed by atoms with Crippen molar-refractivity contribution in [3.8, 4) is 0 Å². The molecule has 0 amide bonds. The van der Waals surface area contributed by atoms with E-state index in [9.17, 15) is 0 Å². The average Bonchev–Trinajstić information content (AvgIpc) is 2.92. The Bertz CT molecular complexity index is 1040. The topological polar surface area (TPSA) is 0 Å². The molecule has 4 aromatic carbocycles. The van der Waals surface area contributed by atoms with E-state index in [1.807, 2.05) is 0 Å². The van der Waals surface area contributed by atoms with Gasteiger partial charge in [-0.15, -0.1) is 0 Å². The van der Waals surface area contributed by atoms with Crippen LogP contribution in [0.2, 0.25) is 0 Å². The van der Waals surface area contributed by atoms with Gasteiger partial charge < -0.3 is 0 Å². The molecule has 0 radical (unpaired) electrons. The molecule has 0 N–H and O–H groups in total. The first-order valence-corrected chi connectivity index (χ1v) is 7.68. The largest absolute Gasteiger partial charge is 0.0616 e. The van der Waals surface area contributed by atoms with Gasteiger partial charge in [0.1, 0.15) is 0 Å². The Balaban J connectivity index is 2.08. The van der Waals surface area contributed by atoms with Crippen molar-refractivity contribution in [3.05, 3.63) is 71.3 Å². The quantitative estimate of drug-likeness (QED) is 0.289. The van der Waals surface area contributed by atoms with Crippen molar-refractivity contribution in [2.75, 3.05) is 0 Å². The van der Waals surface area contributed by atoms with Gasteiger partial charge in [0.15, 0.2) is 0 Å². The third-order valence-electron chi connectivity index (χ3n) is 4.94. The summed E-state index contributed by atoms with van der Waals surface area (Å²) in [4.78, 5) is 0. The minimum atomic E-state index is 1.19. The lowest BCUT2D eigenvalue weighted by Gasteiger charge is -2.10. The number of rotatable bonds is 0. The molecule has 1 aliphatic carbocycles. The van der Waals surface area contributed by atoms with E-state index in [0.29, 0.717) is 0 Å². The van der Waals surface area contributed by atoms with Gasteiger partial charge in [0.2, 0.25) is 0 Å². The molecule has 0 fully saturated rings. The van der Waals surface area contributed by atoms with E-state index in [1.165, 1.54) is 56.3 Å². The number of aryl methyl sites for hydroxylation is 3. The van der Waals surface area contributed by atoms with Gasteiger partial charge in [0.25, 0.3) is 0 Å². The molecular weight excluding hydrogens is 252 g/mol. The molecule has 0 saturated heterocycles. The molecule has 0 heterocycles. The first-order valence-electron chi connectivity index (χ1n) is 7.68. The Morgan fingerprint density at radius 1 is 0.714 bits per heavy atom. The van der Waals surface area contributed by atoms with Crippen LogP contribution >= 0.6 is 0 Å². The highest BCUT2D eigenvalue weighted by atomic mass is 14.2. The molecule has 0 unspecified atom stereocenters. The van der Waals surface area contributed by atoms with Crippen LogP contribution in [0.15, 0.2) is 54.6 Å². The van der Waals surface area contributed by atoms with Gasteiger partial charge in [-0.2, -0.15) is 0 Å². The maximum atomic E-state index is 2.40. The van der Waals surface area contributed by atoms with Crippen molar-refractivity contribution in [2.24, 2.45) is 0 Å². The number of benzene rings is 4. The van der Waals surface area contributed by atoms with Crippen LogP contribution in [-0.4, -0.2) is 0 Å². The Morgan fingerprint density at radius 3 is 2.57 bits per heavy atom. The van der Waals surface area contributed by atoms with Crippen molar-refractivity contribution in [1.29, 1.82) is 0 Å². The van der Waals surface area contributed by atoms with Crippen LogP contribution in [-0.2, 0) is 12.8 Å². The molecule has 100 valence electrons. The fraction of sp³-hybridized carbons (Fsp3) is 0.143. The van der Waals surface area contributed by atoms with Crippen molar-refractivity contribution < 1.29 is 0 Å². The third-order valence-corrected chi connectivity index (χ3v) is 4.94. The van der Waals surface area contributed by atoms with E-state index < -0.39 is 0 Å². The molecule has 0 nitrogen and oxygen atoms in total. The first kappa shape index (κ1) is 11.3. The molecule has 0 saturated carbocycles. The Morgan fingerprint density at radius 2 is 1.62 bits per heavy atom. The zero-order chi connectivity index (χ0) is 14.0. The van der Waals surface area contributed by atoms with Gasteiger partial charge in [-0.25, -0.2) is 0 Å². The number of hydrogen-bond acceptors (Lipinski definition) is 0. The van der Waals surface area contributed by atoms with Crippen LogP contribution in [0.5, 0.6) is 0 Å². The smallest absolute Gasteiger partial charge is 0.00962 e. The maximum Gasteiger partial charge on any atom is -0.00962 e. The number of fused-ring (bicyclic) bond motifs is 4. The summed E-state index contributed by atoms with van der Waals surface area (Å²) in [5.41, 5.74) is 4.48. The van der Waals surface area contributed by atoms with Crippen molar-refractivity contribution >= 4 is 32.3 Å². The molecule has 0 spiro atoms. The minimum Gasteiger partial charge on any atom is -0.0616 e. The Kier molecular flexibility index (Phi) is 2.08. The molecule has 0 bridgehead atoms. The molecule has 0 heteroatoms. The van der Waals surface area contributed by atoms with Crippen molar-refractivity contribution in [3.63, 3.8) is 0 Å². The maximum absolute atomic E-state index is 2.40. The second kappa shape index (κ2) is 3.85. The highest BCUT2D eigenvalue weighted by molar-refractivity contribution is 6.15. The van der Waals surface area contributed by atoms with Crippen LogP contribution < -0.4 is 0 Å². The summed E-state index contributed by atoms with van der Waals surface area (Å²) in [5.74, 6) is 0. The van der Waals surface area contributed by atoms with Crippen molar-refractivity contribution in [2.45, 2.75) is 19.8 Å². The molecule has 21 heavy (non-hydrogen) atoms. The fourth-order valence-corrected chi connectivity index (χ4v) is 4.09. The summed E-state index contributed by atoms with van der Waals surface area (Å²) in [6.45, 7) is 2.21. The predicted octanol–water partition coefficient (Wildman–Crippen LogP) is 5.55. The van der Waals surface area contributed by atoms with Crippen LogP contribution in [0.25, 0.3) is 32.3 Å². The van der Waals surface area contributed by atoms with E-state index >= 15 is 0 Å². The second-order valence-electron chi connectivity index (χ2n) is 6.26. The summed E-state index contributed by atoms with van der Waals surface area (Å²) >= 11 is 0. The lowest BCUT2D eigenvalue weighted by atomic mass is 9.93. The Hall–Kier alpha value is -2.34. The summed E-state index contributed by atoms with van der Waals surface area (Å²) in [5, 5.41) is 8.51. The van der Waals surface area contributed by atoms with Crippen LogP contribution in [0, 0.1) is 6.92 Å². The molecule has 0 atom stereocenters. The SMILES string of the molecule is Cc1cc2c3c(c4ccc5ccccc5c4cc3c1)CC2. The van der Waals surface area contributed by atoms with Gasteiger partial charge in [-0.05, 0) is 69.3 Å². The first-order chi connectivity index (χ1) is 10.3.